The van der Waals surface area contributed by atoms with Crippen molar-refractivity contribution in [3.05, 3.63) is 54.4 Å². The number of likely N-dealkylation sites (tertiary alicyclic amines) is 1. The number of carbonyl (C=O) groups excluding carboxylic acids is 1. The van der Waals surface area contributed by atoms with Crippen LogP contribution in [0.5, 0.6) is 0 Å². The number of aromatic nitrogens is 4. The second-order valence-corrected chi connectivity index (χ2v) is 7.98. The number of nitrogens with two attached hydrogens (primary N) is 1. The van der Waals surface area contributed by atoms with Gasteiger partial charge in [-0.2, -0.15) is 0 Å². The van der Waals surface area contributed by atoms with Crippen molar-refractivity contribution in [2.45, 2.75) is 6.42 Å². The zero-order valence-corrected chi connectivity index (χ0v) is 17.8. The highest BCUT2D eigenvalue weighted by Gasteiger charge is 2.25. The summed E-state index contributed by atoms with van der Waals surface area (Å²) in [5.41, 5.74) is 6.43. The molecular formula is C21H23F2N9O. The van der Waals surface area contributed by atoms with Crippen molar-refractivity contribution in [2.24, 2.45) is 0 Å². The quantitative estimate of drug-likeness (QED) is 0.597. The second kappa shape index (κ2) is 8.52. The van der Waals surface area contributed by atoms with Gasteiger partial charge in [-0.3, -0.25) is 9.78 Å². The molecular weight excluding hydrogens is 432 g/mol. The highest BCUT2D eigenvalue weighted by molar-refractivity contribution is 6.12. The summed E-state index contributed by atoms with van der Waals surface area (Å²) in [6.45, 7) is 4.76. The van der Waals surface area contributed by atoms with Gasteiger partial charge in [-0.15, -0.1) is 5.10 Å². The van der Waals surface area contributed by atoms with E-state index in [1.165, 1.54) is 12.6 Å². The SMILES string of the molecule is Nc1nn2cc(F)cnc2c1C(=O)Nc1cncc(F)c1N1CCN(C=CN2CCC2)CC1. The number of piperazine rings is 1. The Bertz CT molecular complexity index is 1220. The van der Waals surface area contributed by atoms with Crippen molar-refractivity contribution in [1.29, 1.82) is 0 Å². The molecule has 0 aliphatic carbocycles. The van der Waals surface area contributed by atoms with Gasteiger partial charge in [0.2, 0.25) is 0 Å². The van der Waals surface area contributed by atoms with E-state index in [0.717, 1.165) is 49.3 Å². The predicted octanol–water partition coefficient (Wildman–Crippen LogP) is 1.54. The van der Waals surface area contributed by atoms with Crippen LogP contribution in [0.15, 0.2) is 37.2 Å². The lowest BCUT2D eigenvalue weighted by Crippen LogP contribution is -2.45. The van der Waals surface area contributed by atoms with Crippen LogP contribution >= 0.6 is 0 Å². The van der Waals surface area contributed by atoms with Gasteiger partial charge in [0, 0.05) is 51.7 Å². The van der Waals surface area contributed by atoms with Crippen LogP contribution in [0.4, 0.5) is 26.0 Å². The third-order valence-electron chi connectivity index (χ3n) is 5.83. The number of nitrogen functional groups attached to an aromatic ring is 1. The third kappa shape index (κ3) is 4.11. The number of carbonyl (C=O) groups is 1. The van der Waals surface area contributed by atoms with Crippen LogP contribution in [0, 0.1) is 11.6 Å². The third-order valence-corrected chi connectivity index (χ3v) is 5.83. The van der Waals surface area contributed by atoms with Crippen LogP contribution in [0.1, 0.15) is 16.8 Å². The maximum atomic E-state index is 14.8. The number of hydrogen-bond acceptors (Lipinski definition) is 8. The lowest BCUT2D eigenvalue weighted by atomic mass is 10.2. The van der Waals surface area contributed by atoms with Gasteiger partial charge in [-0.1, -0.05) is 0 Å². The van der Waals surface area contributed by atoms with E-state index in [4.69, 9.17) is 5.73 Å². The Kier molecular flexibility index (Phi) is 5.40. The number of halogens is 2. The Hall–Kier alpha value is -3.96. The number of hydrogen-bond donors (Lipinski definition) is 2. The van der Waals surface area contributed by atoms with Crippen LogP contribution in [0.25, 0.3) is 5.65 Å². The number of rotatable bonds is 5. The van der Waals surface area contributed by atoms with Crippen LogP contribution in [-0.4, -0.2) is 74.6 Å². The number of pyridine rings is 1. The molecule has 3 aromatic heterocycles. The number of nitrogens with one attached hydrogen (secondary N) is 1. The largest absolute Gasteiger partial charge is 0.381 e. The summed E-state index contributed by atoms with van der Waals surface area (Å²) in [6.07, 6.45) is 9.95. The van der Waals surface area contributed by atoms with E-state index in [1.54, 1.807) is 0 Å². The maximum absolute atomic E-state index is 14.8. The van der Waals surface area contributed by atoms with Gasteiger partial charge in [0.25, 0.3) is 5.91 Å². The molecule has 2 aliphatic rings. The number of fused-ring (bicyclic) bond motifs is 1. The standard InChI is InChI=1S/C21H23F2N9O/c22-14-10-26-20-17(19(24)28-32(20)13-14)21(33)27-16-12-25-11-15(23)18(16)31-8-6-30(7-9-31)5-4-29-2-1-3-29/h4-5,10-13H,1-3,6-9H2,(H2,24,28)(H,27,33). The van der Waals surface area contributed by atoms with E-state index in [0.29, 0.717) is 13.1 Å². The molecule has 12 heteroatoms. The van der Waals surface area contributed by atoms with Gasteiger partial charge < -0.3 is 25.8 Å². The molecule has 0 unspecified atom stereocenters. The fourth-order valence-electron chi connectivity index (χ4n) is 3.95. The van der Waals surface area contributed by atoms with E-state index in [-0.39, 0.29) is 28.4 Å². The van der Waals surface area contributed by atoms with Gasteiger partial charge in [-0.25, -0.2) is 18.3 Å². The Morgan fingerprint density at radius 2 is 1.76 bits per heavy atom. The van der Waals surface area contributed by atoms with E-state index in [2.05, 4.69) is 42.6 Å². The molecule has 0 aromatic carbocycles. The minimum Gasteiger partial charge on any atom is -0.381 e. The fraction of sp³-hybridized carbons (Fsp3) is 0.333. The highest BCUT2D eigenvalue weighted by atomic mass is 19.1. The molecule has 0 bridgehead atoms. The molecule has 0 radical (unpaired) electrons. The zero-order valence-electron chi connectivity index (χ0n) is 17.8. The van der Waals surface area contributed by atoms with Gasteiger partial charge in [0.1, 0.15) is 11.3 Å². The number of amides is 1. The van der Waals surface area contributed by atoms with E-state index < -0.39 is 17.5 Å². The summed E-state index contributed by atoms with van der Waals surface area (Å²) in [5, 5.41) is 6.61. The lowest BCUT2D eigenvalue weighted by Gasteiger charge is -2.37. The molecule has 2 saturated heterocycles. The summed E-state index contributed by atoms with van der Waals surface area (Å²) in [4.78, 5) is 27.1. The first-order valence-electron chi connectivity index (χ1n) is 10.6. The second-order valence-electron chi connectivity index (χ2n) is 7.98. The minimum absolute atomic E-state index is 0.0221. The molecule has 0 spiro atoms. The van der Waals surface area contributed by atoms with Gasteiger partial charge in [-0.05, 0) is 6.42 Å². The van der Waals surface area contributed by atoms with Crippen LogP contribution in [0.2, 0.25) is 0 Å². The molecule has 3 N–H and O–H groups in total. The summed E-state index contributed by atoms with van der Waals surface area (Å²) < 4.78 is 29.4. The van der Waals surface area contributed by atoms with E-state index in [1.807, 2.05) is 4.90 Å². The van der Waals surface area contributed by atoms with Crippen LogP contribution in [-0.2, 0) is 0 Å². The molecule has 0 saturated carbocycles. The van der Waals surface area contributed by atoms with Gasteiger partial charge in [0.05, 0.1) is 30.5 Å². The smallest absolute Gasteiger partial charge is 0.263 e. The minimum atomic E-state index is -0.633. The van der Waals surface area contributed by atoms with Gasteiger partial charge in [0.15, 0.2) is 23.1 Å². The van der Waals surface area contributed by atoms with Crippen molar-refractivity contribution in [2.75, 3.05) is 55.2 Å². The van der Waals surface area contributed by atoms with Crippen molar-refractivity contribution in [1.82, 2.24) is 29.4 Å². The Labute approximate surface area is 188 Å². The first-order chi connectivity index (χ1) is 16.0. The maximum Gasteiger partial charge on any atom is 0.263 e. The lowest BCUT2D eigenvalue weighted by molar-refractivity contribution is 0.102. The van der Waals surface area contributed by atoms with Crippen molar-refractivity contribution < 1.29 is 13.6 Å². The fourth-order valence-corrected chi connectivity index (χ4v) is 3.95. The topological polar surface area (TPSA) is 108 Å². The number of anilines is 3. The molecule has 5 heterocycles. The van der Waals surface area contributed by atoms with Crippen molar-refractivity contribution in [3.8, 4) is 0 Å². The molecule has 1 amide bonds. The zero-order chi connectivity index (χ0) is 22.9. The molecule has 10 nitrogen and oxygen atoms in total. The molecule has 2 aliphatic heterocycles. The summed E-state index contributed by atoms with van der Waals surface area (Å²) in [5.74, 6) is -1.90. The molecule has 2 fully saturated rings. The van der Waals surface area contributed by atoms with Crippen molar-refractivity contribution >= 4 is 28.7 Å². The Balaban J connectivity index is 1.34. The predicted molar refractivity (Wildman–Crippen MR) is 119 cm³/mol. The first kappa shape index (κ1) is 20.9. The highest BCUT2D eigenvalue weighted by Crippen LogP contribution is 2.30. The van der Waals surface area contributed by atoms with E-state index >= 15 is 0 Å². The molecule has 33 heavy (non-hydrogen) atoms. The average Bonchev–Trinajstić information content (AvgIpc) is 3.08. The monoisotopic (exact) mass is 455 g/mol. The number of nitrogens with zero attached hydrogens (tertiary/aromatic N) is 7. The average molecular weight is 455 g/mol. The van der Waals surface area contributed by atoms with E-state index in [9.17, 15) is 13.6 Å². The summed E-state index contributed by atoms with van der Waals surface area (Å²) in [7, 11) is 0. The Morgan fingerprint density at radius 3 is 2.45 bits per heavy atom. The molecule has 172 valence electrons. The molecule has 3 aromatic rings. The summed E-state index contributed by atoms with van der Waals surface area (Å²) >= 11 is 0. The summed E-state index contributed by atoms with van der Waals surface area (Å²) in [6, 6.07) is 0. The van der Waals surface area contributed by atoms with Crippen LogP contribution < -0.4 is 16.0 Å². The molecule has 0 atom stereocenters. The van der Waals surface area contributed by atoms with Crippen LogP contribution in [0.3, 0.4) is 0 Å². The molecule has 5 rings (SSSR count). The Morgan fingerprint density at radius 1 is 1.03 bits per heavy atom. The van der Waals surface area contributed by atoms with Gasteiger partial charge >= 0.3 is 0 Å². The normalized spacial score (nSPS) is 16.5. The van der Waals surface area contributed by atoms with Crippen molar-refractivity contribution in [3.63, 3.8) is 0 Å². The first-order valence-corrected chi connectivity index (χ1v) is 10.6.